The lowest BCUT2D eigenvalue weighted by molar-refractivity contribution is 0.0766. The maximum atomic E-state index is 12.2. The Hall–Kier alpha value is -2.43. The highest BCUT2D eigenvalue weighted by atomic mass is 16.2. The molecule has 0 unspecified atom stereocenters. The molecule has 2 rings (SSSR count). The van der Waals surface area contributed by atoms with Crippen LogP contribution in [0.25, 0.3) is 0 Å². The van der Waals surface area contributed by atoms with Crippen LogP contribution in [0.4, 0.5) is 11.5 Å². The zero-order valence-corrected chi connectivity index (χ0v) is 13.6. The van der Waals surface area contributed by atoms with E-state index in [1.54, 1.807) is 17.0 Å². The Kier molecular flexibility index (Phi) is 5.09. The number of hydrogen-bond donors (Lipinski definition) is 1. The smallest absolute Gasteiger partial charge is 0.274 e. The molecule has 0 atom stereocenters. The Bertz CT molecular complexity index is 648. The number of amides is 1. The fourth-order valence-corrected chi connectivity index (χ4v) is 2.28. The molecule has 22 heavy (non-hydrogen) atoms. The standard InChI is InChI=1S/C17H22N4O/c1-5-21(6-2)17(22)15-9-10-16(20-19-15)18-14-8-7-12(3)11-13(14)4/h7-11H,5-6H2,1-4H3,(H,18,20). The molecule has 0 saturated heterocycles. The van der Waals surface area contributed by atoms with Gasteiger partial charge in [-0.3, -0.25) is 4.79 Å². The van der Waals surface area contributed by atoms with Gasteiger partial charge in [0, 0.05) is 18.8 Å². The topological polar surface area (TPSA) is 58.1 Å². The summed E-state index contributed by atoms with van der Waals surface area (Å²) in [7, 11) is 0. The van der Waals surface area contributed by atoms with E-state index in [1.165, 1.54) is 5.56 Å². The lowest BCUT2D eigenvalue weighted by Crippen LogP contribution is -2.31. The van der Waals surface area contributed by atoms with E-state index in [2.05, 4.69) is 28.5 Å². The summed E-state index contributed by atoms with van der Waals surface area (Å²) in [4.78, 5) is 13.9. The monoisotopic (exact) mass is 298 g/mol. The van der Waals surface area contributed by atoms with Crippen LogP contribution >= 0.6 is 0 Å². The second-order valence-corrected chi connectivity index (χ2v) is 5.22. The van der Waals surface area contributed by atoms with Crippen molar-refractivity contribution in [2.45, 2.75) is 27.7 Å². The quantitative estimate of drug-likeness (QED) is 0.920. The van der Waals surface area contributed by atoms with Crippen molar-refractivity contribution in [1.82, 2.24) is 15.1 Å². The largest absolute Gasteiger partial charge is 0.339 e. The zero-order valence-electron chi connectivity index (χ0n) is 13.6. The molecular formula is C17H22N4O. The summed E-state index contributed by atoms with van der Waals surface area (Å²) in [6.45, 7) is 9.33. The molecular weight excluding hydrogens is 276 g/mol. The predicted octanol–water partition coefficient (Wildman–Crippen LogP) is 3.32. The van der Waals surface area contributed by atoms with Crippen molar-refractivity contribution in [3.8, 4) is 0 Å². The summed E-state index contributed by atoms with van der Waals surface area (Å²) >= 11 is 0. The average Bonchev–Trinajstić information content (AvgIpc) is 2.52. The number of hydrogen-bond acceptors (Lipinski definition) is 4. The maximum Gasteiger partial charge on any atom is 0.274 e. The molecule has 5 nitrogen and oxygen atoms in total. The summed E-state index contributed by atoms with van der Waals surface area (Å²) < 4.78 is 0. The second-order valence-electron chi connectivity index (χ2n) is 5.22. The number of rotatable bonds is 5. The molecule has 1 aromatic heterocycles. The Morgan fingerprint density at radius 1 is 1.09 bits per heavy atom. The second kappa shape index (κ2) is 7.02. The molecule has 0 spiro atoms. The van der Waals surface area contributed by atoms with Crippen LogP contribution < -0.4 is 5.32 Å². The number of carbonyl (C=O) groups is 1. The Morgan fingerprint density at radius 3 is 2.36 bits per heavy atom. The van der Waals surface area contributed by atoms with Crippen molar-refractivity contribution in [3.05, 3.63) is 47.2 Å². The van der Waals surface area contributed by atoms with Gasteiger partial charge in [0.25, 0.3) is 5.91 Å². The molecule has 0 saturated carbocycles. The van der Waals surface area contributed by atoms with Gasteiger partial charge in [0.1, 0.15) is 0 Å². The average molecular weight is 298 g/mol. The van der Waals surface area contributed by atoms with Gasteiger partial charge in [-0.2, -0.15) is 0 Å². The van der Waals surface area contributed by atoms with Crippen molar-refractivity contribution >= 4 is 17.4 Å². The van der Waals surface area contributed by atoms with Crippen LogP contribution in [0, 0.1) is 13.8 Å². The Morgan fingerprint density at radius 2 is 1.82 bits per heavy atom. The van der Waals surface area contributed by atoms with Crippen molar-refractivity contribution in [3.63, 3.8) is 0 Å². The fraction of sp³-hybridized carbons (Fsp3) is 0.353. The van der Waals surface area contributed by atoms with E-state index < -0.39 is 0 Å². The van der Waals surface area contributed by atoms with Gasteiger partial charge in [-0.25, -0.2) is 0 Å². The number of benzene rings is 1. The van der Waals surface area contributed by atoms with Crippen LogP contribution in [0.1, 0.15) is 35.5 Å². The van der Waals surface area contributed by atoms with E-state index in [0.717, 1.165) is 11.3 Å². The van der Waals surface area contributed by atoms with Crippen LogP contribution in [0.3, 0.4) is 0 Å². The van der Waals surface area contributed by atoms with E-state index in [4.69, 9.17) is 0 Å². The molecule has 1 amide bonds. The molecule has 1 N–H and O–H groups in total. The van der Waals surface area contributed by atoms with E-state index in [-0.39, 0.29) is 5.91 Å². The zero-order chi connectivity index (χ0) is 16.1. The van der Waals surface area contributed by atoms with Crippen LogP contribution in [0.5, 0.6) is 0 Å². The molecule has 0 aliphatic heterocycles. The van der Waals surface area contributed by atoms with Gasteiger partial charge in [0.2, 0.25) is 0 Å². The molecule has 0 fully saturated rings. The summed E-state index contributed by atoms with van der Waals surface area (Å²) in [6, 6.07) is 9.65. The SMILES string of the molecule is CCN(CC)C(=O)c1ccc(Nc2ccc(C)cc2C)nn1. The molecule has 0 bridgehead atoms. The van der Waals surface area contributed by atoms with E-state index >= 15 is 0 Å². The number of carbonyl (C=O) groups excluding carboxylic acids is 1. The van der Waals surface area contributed by atoms with Crippen LogP contribution in [0.2, 0.25) is 0 Å². The summed E-state index contributed by atoms with van der Waals surface area (Å²) in [6.07, 6.45) is 0. The predicted molar refractivity (Wildman–Crippen MR) is 88.5 cm³/mol. The van der Waals surface area contributed by atoms with Crippen LogP contribution in [-0.4, -0.2) is 34.1 Å². The highest BCUT2D eigenvalue weighted by Gasteiger charge is 2.14. The first-order valence-corrected chi connectivity index (χ1v) is 7.52. The Balaban J connectivity index is 2.13. The first-order valence-electron chi connectivity index (χ1n) is 7.52. The fourth-order valence-electron chi connectivity index (χ4n) is 2.28. The summed E-state index contributed by atoms with van der Waals surface area (Å²) in [5.41, 5.74) is 3.72. The van der Waals surface area contributed by atoms with Gasteiger partial charge in [0.05, 0.1) is 0 Å². The van der Waals surface area contributed by atoms with Gasteiger partial charge >= 0.3 is 0 Å². The first-order chi connectivity index (χ1) is 10.5. The first kappa shape index (κ1) is 15.9. The number of nitrogens with one attached hydrogen (secondary N) is 1. The highest BCUT2D eigenvalue weighted by molar-refractivity contribution is 5.92. The Labute approximate surface area is 131 Å². The molecule has 116 valence electrons. The van der Waals surface area contributed by atoms with Gasteiger partial charge in [-0.1, -0.05) is 17.7 Å². The molecule has 2 aromatic rings. The number of nitrogens with zero attached hydrogens (tertiary/aromatic N) is 3. The van der Waals surface area contributed by atoms with E-state index in [9.17, 15) is 4.79 Å². The lowest BCUT2D eigenvalue weighted by atomic mass is 10.1. The molecule has 0 aliphatic rings. The number of aromatic nitrogens is 2. The normalized spacial score (nSPS) is 10.4. The molecule has 1 aromatic carbocycles. The minimum Gasteiger partial charge on any atom is -0.339 e. The summed E-state index contributed by atoms with van der Waals surface area (Å²) in [5.74, 6) is 0.540. The van der Waals surface area contributed by atoms with Crippen LogP contribution in [0.15, 0.2) is 30.3 Å². The van der Waals surface area contributed by atoms with E-state index in [0.29, 0.717) is 24.6 Å². The van der Waals surface area contributed by atoms with Crippen molar-refractivity contribution in [1.29, 1.82) is 0 Å². The number of anilines is 2. The van der Waals surface area contributed by atoms with Crippen molar-refractivity contribution < 1.29 is 4.79 Å². The third-order valence-corrected chi connectivity index (χ3v) is 3.58. The highest BCUT2D eigenvalue weighted by Crippen LogP contribution is 2.20. The van der Waals surface area contributed by atoms with E-state index in [1.807, 2.05) is 32.9 Å². The molecule has 1 heterocycles. The molecule has 0 aliphatic carbocycles. The van der Waals surface area contributed by atoms with Gasteiger partial charge in [-0.15, -0.1) is 10.2 Å². The third kappa shape index (κ3) is 3.61. The molecule has 5 heteroatoms. The van der Waals surface area contributed by atoms with Gasteiger partial charge in [-0.05, 0) is 51.5 Å². The van der Waals surface area contributed by atoms with Crippen molar-refractivity contribution in [2.75, 3.05) is 18.4 Å². The van der Waals surface area contributed by atoms with Crippen LogP contribution in [-0.2, 0) is 0 Å². The summed E-state index contributed by atoms with van der Waals surface area (Å²) in [5, 5.41) is 11.4. The van der Waals surface area contributed by atoms with Gasteiger partial charge < -0.3 is 10.2 Å². The van der Waals surface area contributed by atoms with Crippen molar-refractivity contribution in [2.24, 2.45) is 0 Å². The maximum absolute atomic E-state index is 12.2. The minimum atomic E-state index is -0.0874. The number of aryl methyl sites for hydroxylation is 2. The van der Waals surface area contributed by atoms with Gasteiger partial charge in [0.15, 0.2) is 11.5 Å². The minimum absolute atomic E-state index is 0.0874. The lowest BCUT2D eigenvalue weighted by Gasteiger charge is -2.17. The third-order valence-electron chi connectivity index (χ3n) is 3.58. The molecule has 0 radical (unpaired) electrons.